The molecule has 0 atom stereocenters. The lowest BCUT2D eigenvalue weighted by Gasteiger charge is -2.14. The van der Waals surface area contributed by atoms with Crippen LogP contribution in [0.2, 0.25) is 0 Å². The van der Waals surface area contributed by atoms with E-state index in [0.717, 1.165) is 22.2 Å². The maximum absolute atomic E-state index is 12.9. The predicted molar refractivity (Wildman–Crippen MR) is 140 cm³/mol. The highest BCUT2D eigenvalue weighted by atomic mass is 32.2. The van der Waals surface area contributed by atoms with Gasteiger partial charge in [-0.3, -0.25) is 14.5 Å². The summed E-state index contributed by atoms with van der Waals surface area (Å²) < 4.78 is 21.8. The van der Waals surface area contributed by atoms with Crippen LogP contribution in [0.1, 0.15) is 21.5 Å². The number of hydrogen-bond acceptors (Lipinski definition) is 8. The van der Waals surface area contributed by atoms with Crippen molar-refractivity contribution in [3.8, 4) is 23.0 Å². The Morgan fingerprint density at radius 1 is 0.892 bits per heavy atom. The van der Waals surface area contributed by atoms with Crippen molar-refractivity contribution in [3.05, 3.63) is 88.3 Å². The Balaban J connectivity index is 1.42. The molecule has 37 heavy (non-hydrogen) atoms. The van der Waals surface area contributed by atoms with E-state index < -0.39 is 11.9 Å². The number of nitrogens with zero attached hydrogens (tertiary/aromatic N) is 1. The van der Waals surface area contributed by atoms with Gasteiger partial charge in [0, 0.05) is 0 Å². The lowest BCUT2D eigenvalue weighted by Crippen LogP contribution is -2.32. The van der Waals surface area contributed by atoms with E-state index in [0.29, 0.717) is 28.4 Å². The fourth-order valence-electron chi connectivity index (χ4n) is 3.54. The van der Waals surface area contributed by atoms with Gasteiger partial charge in [-0.25, -0.2) is 4.79 Å². The first-order chi connectivity index (χ1) is 17.9. The van der Waals surface area contributed by atoms with Crippen LogP contribution < -0.4 is 18.9 Å². The van der Waals surface area contributed by atoms with Crippen LogP contribution in [0.5, 0.6) is 23.0 Å². The minimum absolute atomic E-state index is 0.0945. The molecule has 0 unspecified atom stereocenters. The lowest BCUT2D eigenvalue weighted by atomic mass is 10.1. The van der Waals surface area contributed by atoms with Crippen LogP contribution in [0, 0.1) is 6.92 Å². The molecule has 0 saturated carbocycles. The first kappa shape index (κ1) is 25.8. The van der Waals surface area contributed by atoms with E-state index >= 15 is 0 Å². The summed E-state index contributed by atoms with van der Waals surface area (Å²) in [5.74, 6) is 0.738. The summed E-state index contributed by atoms with van der Waals surface area (Å²) in [6, 6.07) is 19.1. The van der Waals surface area contributed by atoms with E-state index in [1.54, 1.807) is 55.7 Å². The molecule has 0 aromatic heterocycles. The first-order valence-corrected chi connectivity index (χ1v) is 12.2. The molecule has 2 amide bonds. The number of esters is 1. The molecule has 1 aliphatic rings. The molecule has 9 heteroatoms. The van der Waals surface area contributed by atoms with Gasteiger partial charge in [-0.15, -0.1) is 0 Å². The smallest absolute Gasteiger partial charge is 0.343 e. The van der Waals surface area contributed by atoms with Gasteiger partial charge in [-0.2, -0.15) is 0 Å². The van der Waals surface area contributed by atoms with Gasteiger partial charge in [-0.05, 0) is 66.7 Å². The second-order valence-electron chi connectivity index (χ2n) is 8.00. The molecular weight excluding hydrogens is 494 g/mol. The molecule has 0 spiro atoms. The van der Waals surface area contributed by atoms with E-state index in [-0.39, 0.29) is 29.0 Å². The van der Waals surface area contributed by atoms with Crippen LogP contribution in [-0.4, -0.2) is 49.4 Å². The van der Waals surface area contributed by atoms with E-state index in [9.17, 15) is 14.4 Å². The van der Waals surface area contributed by atoms with Crippen molar-refractivity contribution in [2.75, 3.05) is 27.4 Å². The summed E-state index contributed by atoms with van der Waals surface area (Å²) in [5.41, 5.74) is 2.06. The molecule has 1 heterocycles. The summed E-state index contributed by atoms with van der Waals surface area (Å²) in [6.45, 7) is 2.15. The third-order valence-corrected chi connectivity index (χ3v) is 6.40. The van der Waals surface area contributed by atoms with Crippen molar-refractivity contribution in [1.82, 2.24) is 4.90 Å². The van der Waals surface area contributed by atoms with E-state index in [4.69, 9.17) is 18.9 Å². The van der Waals surface area contributed by atoms with Crippen LogP contribution >= 0.6 is 11.8 Å². The number of amides is 2. The van der Waals surface area contributed by atoms with Gasteiger partial charge in [-0.1, -0.05) is 35.9 Å². The van der Waals surface area contributed by atoms with Gasteiger partial charge in [0.15, 0.2) is 23.0 Å². The number of carbonyl (C=O) groups excluding carboxylic acids is 3. The number of methoxy groups -OCH3 is 2. The molecule has 3 aromatic carbocycles. The minimum atomic E-state index is -0.512. The van der Waals surface area contributed by atoms with Gasteiger partial charge in [0.1, 0.15) is 6.61 Å². The fraction of sp³-hybridized carbons (Fsp3) is 0.179. The highest BCUT2D eigenvalue weighted by molar-refractivity contribution is 8.18. The van der Waals surface area contributed by atoms with Crippen LogP contribution in [0.25, 0.3) is 6.08 Å². The van der Waals surface area contributed by atoms with Crippen molar-refractivity contribution in [3.63, 3.8) is 0 Å². The van der Waals surface area contributed by atoms with Crippen LogP contribution in [0.3, 0.4) is 0 Å². The summed E-state index contributed by atoms with van der Waals surface area (Å²) in [7, 11) is 3.00. The topological polar surface area (TPSA) is 91.4 Å². The number of para-hydroxylation sites is 2. The third kappa shape index (κ3) is 6.13. The molecule has 0 aliphatic carbocycles. The molecule has 1 aliphatic heterocycles. The monoisotopic (exact) mass is 519 g/mol. The molecule has 3 aromatic rings. The summed E-state index contributed by atoms with van der Waals surface area (Å²) in [4.78, 5) is 39.2. The van der Waals surface area contributed by atoms with Crippen LogP contribution in [-0.2, 0) is 4.79 Å². The Bertz CT molecular complexity index is 1350. The molecule has 8 nitrogen and oxygen atoms in total. The van der Waals surface area contributed by atoms with E-state index in [1.807, 2.05) is 31.2 Å². The largest absolute Gasteiger partial charge is 0.493 e. The number of benzene rings is 3. The highest BCUT2D eigenvalue weighted by Gasteiger charge is 2.35. The molecule has 0 bridgehead atoms. The van der Waals surface area contributed by atoms with Crippen molar-refractivity contribution >= 4 is 35.0 Å². The van der Waals surface area contributed by atoms with Crippen LogP contribution in [0.15, 0.2) is 71.6 Å². The lowest BCUT2D eigenvalue weighted by molar-refractivity contribution is -0.123. The normalized spacial score (nSPS) is 14.1. The second-order valence-corrected chi connectivity index (χ2v) is 8.99. The first-order valence-electron chi connectivity index (χ1n) is 11.4. The number of ether oxygens (including phenoxy) is 4. The molecule has 0 N–H and O–H groups in total. The summed E-state index contributed by atoms with van der Waals surface area (Å²) >= 11 is 0.849. The number of imide groups is 1. The molecular formula is C28H25NO7S. The predicted octanol–water partition coefficient (Wildman–Crippen LogP) is 5.35. The van der Waals surface area contributed by atoms with Gasteiger partial charge < -0.3 is 18.9 Å². The summed E-state index contributed by atoms with van der Waals surface area (Å²) in [5, 5.41) is -0.379. The summed E-state index contributed by atoms with van der Waals surface area (Å²) in [6.07, 6.45) is 1.60. The molecule has 4 rings (SSSR count). The Labute approximate surface area is 218 Å². The van der Waals surface area contributed by atoms with Gasteiger partial charge >= 0.3 is 5.97 Å². The Morgan fingerprint density at radius 3 is 2.30 bits per heavy atom. The number of hydrogen-bond donors (Lipinski definition) is 0. The maximum atomic E-state index is 12.9. The third-order valence-electron chi connectivity index (χ3n) is 5.49. The van der Waals surface area contributed by atoms with Crippen molar-refractivity contribution in [2.24, 2.45) is 0 Å². The van der Waals surface area contributed by atoms with Gasteiger partial charge in [0.05, 0.1) is 31.2 Å². The number of rotatable bonds is 9. The molecule has 0 radical (unpaired) electrons. The van der Waals surface area contributed by atoms with Crippen molar-refractivity contribution in [1.29, 1.82) is 0 Å². The van der Waals surface area contributed by atoms with Crippen LogP contribution in [0.4, 0.5) is 4.79 Å². The van der Waals surface area contributed by atoms with E-state index in [2.05, 4.69) is 0 Å². The van der Waals surface area contributed by atoms with Gasteiger partial charge in [0.25, 0.3) is 11.1 Å². The molecule has 1 saturated heterocycles. The Morgan fingerprint density at radius 2 is 1.59 bits per heavy atom. The quantitative estimate of drug-likeness (QED) is 0.212. The SMILES string of the molecule is COc1ccccc1OCCN1C(=O)S/C(=C\c2ccc(OC(=O)c3ccc(C)cc3)c(OC)c2)C1=O. The standard InChI is InChI=1S/C28H25NO7S/c1-18-8-11-20(12-9-18)27(31)36-23-13-10-19(16-24(23)34-3)17-25-26(30)29(28(32)37-25)14-15-35-22-7-5-4-6-21(22)33-2/h4-13,16-17H,14-15H2,1-3H3/b25-17-. The van der Waals surface area contributed by atoms with Gasteiger partial charge in [0.2, 0.25) is 0 Å². The molecule has 1 fully saturated rings. The van der Waals surface area contributed by atoms with Crippen molar-refractivity contribution in [2.45, 2.75) is 6.92 Å². The number of carbonyl (C=O) groups is 3. The zero-order valence-electron chi connectivity index (χ0n) is 20.6. The average Bonchev–Trinajstić information content (AvgIpc) is 3.17. The zero-order valence-corrected chi connectivity index (χ0v) is 21.4. The second kappa shape index (κ2) is 11.7. The highest BCUT2D eigenvalue weighted by Crippen LogP contribution is 2.35. The van der Waals surface area contributed by atoms with E-state index in [1.165, 1.54) is 7.11 Å². The zero-order chi connectivity index (χ0) is 26.4. The molecule has 190 valence electrons. The number of aryl methyl sites for hydroxylation is 1. The Kier molecular flexibility index (Phi) is 8.15. The minimum Gasteiger partial charge on any atom is -0.493 e. The number of thioether (sulfide) groups is 1. The average molecular weight is 520 g/mol. The maximum Gasteiger partial charge on any atom is 0.343 e. The Hall–Kier alpha value is -4.24. The van der Waals surface area contributed by atoms with Crippen molar-refractivity contribution < 1.29 is 33.3 Å². The fourth-order valence-corrected chi connectivity index (χ4v) is 4.40.